The normalized spacial score (nSPS) is 11.6. The third-order valence-corrected chi connectivity index (χ3v) is 4.67. The number of hydrogen-bond acceptors (Lipinski definition) is 5. The summed E-state index contributed by atoms with van der Waals surface area (Å²) in [5.74, 6) is 1.90. The summed E-state index contributed by atoms with van der Waals surface area (Å²) in [7, 11) is 3.25. The first kappa shape index (κ1) is 20.1. The topological polar surface area (TPSA) is 68.1 Å². The molecule has 0 aliphatic rings. The molecule has 0 aliphatic heterocycles. The van der Waals surface area contributed by atoms with Crippen molar-refractivity contribution < 1.29 is 9.47 Å². The van der Waals surface area contributed by atoms with Gasteiger partial charge < -0.3 is 9.47 Å². The lowest BCUT2D eigenvalue weighted by atomic mass is 10.2. The molecule has 0 aliphatic carbocycles. The molecule has 0 radical (unpaired) electrons. The molecular weight excluding hydrogens is 388 g/mol. The molecule has 31 heavy (non-hydrogen) atoms. The highest BCUT2D eigenvalue weighted by Crippen LogP contribution is 2.27. The maximum Gasteiger partial charge on any atom is 0.173 e. The van der Waals surface area contributed by atoms with Crippen molar-refractivity contribution in [1.82, 2.24) is 10.4 Å². The number of amidine groups is 1. The van der Waals surface area contributed by atoms with Gasteiger partial charge in [0.2, 0.25) is 0 Å². The molecule has 4 aromatic rings. The number of hydrogen-bond donors (Lipinski definition) is 1. The summed E-state index contributed by atoms with van der Waals surface area (Å²) in [6, 6.07) is 27.1. The van der Waals surface area contributed by atoms with Crippen LogP contribution in [0.1, 0.15) is 11.3 Å². The van der Waals surface area contributed by atoms with Gasteiger partial charge in [-0.1, -0.05) is 48.5 Å². The van der Waals surface area contributed by atoms with Gasteiger partial charge in [-0.05, 0) is 36.4 Å². The monoisotopic (exact) mass is 410 g/mol. The summed E-state index contributed by atoms with van der Waals surface area (Å²) < 4.78 is 10.8. The number of pyridine rings is 1. The van der Waals surface area contributed by atoms with Crippen LogP contribution < -0.4 is 14.9 Å². The van der Waals surface area contributed by atoms with E-state index in [1.807, 2.05) is 84.9 Å². The van der Waals surface area contributed by atoms with Crippen LogP contribution in [0, 0.1) is 0 Å². The van der Waals surface area contributed by atoms with Gasteiger partial charge in [0.15, 0.2) is 5.84 Å². The van der Waals surface area contributed by atoms with E-state index in [1.165, 1.54) is 0 Å². The maximum atomic E-state index is 5.45. The Morgan fingerprint density at radius 3 is 2.35 bits per heavy atom. The van der Waals surface area contributed by atoms with Gasteiger partial charge in [0.05, 0.1) is 26.0 Å². The number of hydrazone groups is 1. The summed E-state index contributed by atoms with van der Waals surface area (Å²) >= 11 is 0. The smallest absolute Gasteiger partial charge is 0.173 e. The van der Waals surface area contributed by atoms with Gasteiger partial charge in [-0.15, -0.1) is 0 Å². The Morgan fingerprint density at radius 2 is 1.52 bits per heavy atom. The van der Waals surface area contributed by atoms with Crippen molar-refractivity contribution in [2.45, 2.75) is 0 Å². The number of fused-ring (bicyclic) bond motifs is 1. The third kappa shape index (κ3) is 4.70. The zero-order valence-corrected chi connectivity index (χ0v) is 17.3. The van der Waals surface area contributed by atoms with Crippen molar-refractivity contribution in [3.63, 3.8) is 0 Å². The van der Waals surface area contributed by atoms with Crippen LogP contribution in [0.4, 0.5) is 5.69 Å². The molecule has 1 aromatic heterocycles. The first-order valence-corrected chi connectivity index (χ1v) is 9.78. The molecule has 154 valence electrons. The molecule has 0 bridgehead atoms. The van der Waals surface area contributed by atoms with Crippen LogP contribution in [0.25, 0.3) is 10.9 Å². The quantitative estimate of drug-likeness (QED) is 0.277. The summed E-state index contributed by atoms with van der Waals surface area (Å²) in [6.45, 7) is 0. The number of benzene rings is 3. The first-order chi connectivity index (χ1) is 15.3. The Morgan fingerprint density at radius 1 is 0.806 bits per heavy atom. The van der Waals surface area contributed by atoms with E-state index in [0.29, 0.717) is 23.0 Å². The predicted octanol–water partition coefficient (Wildman–Crippen LogP) is 4.95. The molecule has 3 aromatic carbocycles. The fraction of sp³-hybridized carbons (Fsp3) is 0.0800. The summed E-state index contributed by atoms with van der Waals surface area (Å²) in [5, 5.41) is 5.45. The minimum absolute atomic E-state index is 0.501. The van der Waals surface area contributed by atoms with E-state index in [-0.39, 0.29) is 0 Å². The molecule has 6 heteroatoms. The van der Waals surface area contributed by atoms with Crippen molar-refractivity contribution in [3.8, 4) is 11.5 Å². The average molecular weight is 410 g/mol. The van der Waals surface area contributed by atoms with Gasteiger partial charge in [0.1, 0.15) is 22.9 Å². The number of para-hydroxylation sites is 4. The van der Waals surface area contributed by atoms with Crippen molar-refractivity contribution in [1.29, 1.82) is 0 Å². The molecule has 0 amide bonds. The zero-order valence-electron chi connectivity index (χ0n) is 17.3. The van der Waals surface area contributed by atoms with Gasteiger partial charge in [-0.3, -0.25) is 5.43 Å². The molecule has 6 nitrogen and oxygen atoms in total. The zero-order chi connectivity index (χ0) is 21.5. The van der Waals surface area contributed by atoms with Crippen LogP contribution in [0.5, 0.6) is 11.5 Å². The second-order valence-corrected chi connectivity index (χ2v) is 6.63. The van der Waals surface area contributed by atoms with Crippen LogP contribution in [0.15, 0.2) is 95.0 Å². The molecule has 4 rings (SSSR count). The fourth-order valence-corrected chi connectivity index (χ4v) is 3.12. The van der Waals surface area contributed by atoms with E-state index in [9.17, 15) is 0 Å². The van der Waals surface area contributed by atoms with Gasteiger partial charge >= 0.3 is 0 Å². The van der Waals surface area contributed by atoms with E-state index in [0.717, 1.165) is 22.2 Å². The van der Waals surface area contributed by atoms with Crippen molar-refractivity contribution in [3.05, 3.63) is 96.2 Å². The maximum absolute atomic E-state index is 5.45. The summed E-state index contributed by atoms with van der Waals surface area (Å²) in [6.07, 6.45) is 1.69. The van der Waals surface area contributed by atoms with Crippen LogP contribution >= 0.6 is 0 Å². The Labute approximate surface area is 180 Å². The van der Waals surface area contributed by atoms with Crippen molar-refractivity contribution in [2.75, 3.05) is 14.2 Å². The van der Waals surface area contributed by atoms with Crippen molar-refractivity contribution in [2.24, 2.45) is 10.1 Å². The molecule has 0 fully saturated rings. The van der Waals surface area contributed by atoms with E-state index < -0.39 is 0 Å². The average Bonchev–Trinajstić information content (AvgIpc) is 2.83. The van der Waals surface area contributed by atoms with Crippen molar-refractivity contribution >= 4 is 28.6 Å². The number of nitrogens with one attached hydrogen (secondary N) is 1. The summed E-state index contributed by atoms with van der Waals surface area (Å²) in [4.78, 5) is 9.51. The van der Waals surface area contributed by atoms with Gasteiger partial charge in [-0.2, -0.15) is 5.10 Å². The SMILES string of the molecule is COc1ccccc1/C=N\NC(=Nc1ccccc1OC)c1ccc2ccccc2n1. The van der Waals surface area contributed by atoms with Crippen LogP contribution in [-0.4, -0.2) is 31.3 Å². The molecule has 1 heterocycles. The molecule has 1 N–H and O–H groups in total. The Kier molecular flexibility index (Phi) is 6.18. The number of rotatable bonds is 6. The lowest BCUT2D eigenvalue weighted by molar-refractivity contribution is 0.414. The number of nitrogens with zero attached hydrogens (tertiary/aromatic N) is 3. The molecule has 0 spiro atoms. The number of ether oxygens (including phenoxy) is 2. The molecular formula is C25H22N4O2. The molecule has 0 saturated carbocycles. The first-order valence-electron chi connectivity index (χ1n) is 9.78. The lowest BCUT2D eigenvalue weighted by Crippen LogP contribution is -2.20. The van der Waals surface area contributed by atoms with E-state index in [1.54, 1.807) is 20.4 Å². The lowest BCUT2D eigenvalue weighted by Gasteiger charge is -2.09. The molecule has 0 saturated heterocycles. The van der Waals surface area contributed by atoms with Gasteiger partial charge in [0.25, 0.3) is 0 Å². The van der Waals surface area contributed by atoms with Crippen LogP contribution in [-0.2, 0) is 0 Å². The molecule has 0 atom stereocenters. The highest BCUT2D eigenvalue weighted by atomic mass is 16.5. The Balaban J connectivity index is 1.73. The Hall–Kier alpha value is -4.19. The standard InChI is InChI=1S/C25H22N4O2/c1-30-23-13-7-4-10-19(23)17-26-29-25(28-21-12-6-8-14-24(21)31-2)22-16-15-18-9-3-5-11-20(18)27-22/h3-17H,1-2H3,(H,28,29)/b26-17-. The van der Waals surface area contributed by atoms with Gasteiger partial charge in [0, 0.05) is 10.9 Å². The number of aliphatic imine (C=N–C) groups is 1. The minimum Gasteiger partial charge on any atom is -0.496 e. The van der Waals surface area contributed by atoms with Crippen LogP contribution in [0.2, 0.25) is 0 Å². The largest absolute Gasteiger partial charge is 0.496 e. The van der Waals surface area contributed by atoms with Crippen LogP contribution in [0.3, 0.4) is 0 Å². The van der Waals surface area contributed by atoms with E-state index in [4.69, 9.17) is 19.5 Å². The predicted molar refractivity (Wildman–Crippen MR) is 125 cm³/mol. The van der Waals surface area contributed by atoms with E-state index >= 15 is 0 Å². The minimum atomic E-state index is 0.501. The summed E-state index contributed by atoms with van der Waals surface area (Å²) in [5.41, 5.74) is 6.12. The second-order valence-electron chi connectivity index (χ2n) is 6.63. The third-order valence-electron chi connectivity index (χ3n) is 4.67. The van der Waals surface area contributed by atoms with Gasteiger partial charge in [-0.25, -0.2) is 9.98 Å². The van der Waals surface area contributed by atoms with E-state index in [2.05, 4.69) is 10.5 Å². The second kappa shape index (κ2) is 9.54. The molecule has 0 unspecified atom stereocenters. The highest BCUT2D eigenvalue weighted by Gasteiger charge is 2.09. The Bertz CT molecular complexity index is 1250. The fourth-order valence-electron chi connectivity index (χ4n) is 3.12. The number of aromatic nitrogens is 1. The number of methoxy groups -OCH3 is 2. The highest BCUT2D eigenvalue weighted by molar-refractivity contribution is 6.01.